The van der Waals surface area contributed by atoms with Crippen molar-refractivity contribution in [3.63, 3.8) is 0 Å². The van der Waals surface area contributed by atoms with E-state index in [2.05, 4.69) is 0 Å². The first kappa shape index (κ1) is 13.6. The molecule has 0 bridgehead atoms. The molecule has 8 heteroatoms. The van der Waals surface area contributed by atoms with Crippen molar-refractivity contribution in [3.05, 3.63) is 29.8 Å². The lowest BCUT2D eigenvalue weighted by Gasteiger charge is -2.23. The lowest BCUT2D eigenvalue weighted by Crippen LogP contribution is -2.34. The summed E-state index contributed by atoms with van der Waals surface area (Å²) in [4.78, 5) is -0.699. The minimum absolute atomic E-state index is 0.248. The summed E-state index contributed by atoms with van der Waals surface area (Å²) in [6.45, 7) is -7.17. The highest BCUT2D eigenvalue weighted by molar-refractivity contribution is 5.49. The Kier molecular flexibility index (Phi) is 3.84. The Balaban J connectivity index is 3.14. The van der Waals surface area contributed by atoms with Gasteiger partial charge in [0, 0.05) is 5.69 Å². The van der Waals surface area contributed by atoms with Crippen LogP contribution in [-0.4, -0.2) is 13.1 Å². The summed E-state index contributed by atoms with van der Waals surface area (Å²) < 4.78 is 85.6. The van der Waals surface area contributed by atoms with Crippen LogP contribution in [0.1, 0.15) is 5.56 Å². The molecule has 0 aromatic heterocycles. The molecule has 17 heavy (non-hydrogen) atoms. The molecule has 0 saturated carbocycles. The minimum atomic E-state index is -4.77. The fourth-order valence-corrected chi connectivity index (χ4v) is 1.15. The standard InChI is InChI=1S/C9H6F7N/c10-7(11)17(8(12)13)6-3-1-2-5(4-6)9(14,15)16/h1-4,7-8H. The normalized spacial score (nSPS) is 12.3. The van der Waals surface area contributed by atoms with E-state index in [9.17, 15) is 30.7 Å². The monoisotopic (exact) mass is 261 g/mol. The molecule has 1 nitrogen and oxygen atoms in total. The first-order chi connectivity index (χ1) is 7.73. The summed E-state index contributed by atoms with van der Waals surface area (Å²) in [7, 11) is 0. The first-order valence-corrected chi connectivity index (χ1v) is 4.25. The molecule has 0 unspecified atom stereocenters. The zero-order chi connectivity index (χ0) is 13.2. The number of hydrogen-bond acceptors (Lipinski definition) is 1. The van der Waals surface area contributed by atoms with Gasteiger partial charge in [-0.15, -0.1) is 0 Å². The first-order valence-electron chi connectivity index (χ1n) is 4.25. The number of anilines is 1. The van der Waals surface area contributed by atoms with Crippen molar-refractivity contribution >= 4 is 5.69 Å². The fraction of sp³-hybridized carbons (Fsp3) is 0.333. The summed E-state index contributed by atoms with van der Waals surface area (Å²) in [5, 5.41) is 0. The molecule has 1 aromatic carbocycles. The Labute approximate surface area is 91.4 Å². The van der Waals surface area contributed by atoms with Gasteiger partial charge in [-0.1, -0.05) is 6.07 Å². The van der Waals surface area contributed by atoms with Crippen molar-refractivity contribution in [2.75, 3.05) is 4.90 Å². The van der Waals surface area contributed by atoms with Gasteiger partial charge in [0.05, 0.1) is 5.56 Å². The van der Waals surface area contributed by atoms with Crippen LogP contribution >= 0.6 is 0 Å². The van der Waals surface area contributed by atoms with Crippen LogP contribution in [0, 0.1) is 0 Å². The Hall–Kier alpha value is -1.47. The maximum Gasteiger partial charge on any atom is 0.416 e. The van der Waals surface area contributed by atoms with Crippen LogP contribution in [0.5, 0.6) is 0 Å². The molecule has 0 N–H and O–H groups in total. The highest BCUT2D eigenvalue weighted by Gasteiger charge is 2.32. The third kappa shape index (κ3) is 3.24. The highest BCUT2D eigenvalue weighted by atomic mass is 19.4. The quantitative estimate of drug-likeness (QED) is 0.588. The van der Waals surface area contributed by atoms with E-state index >= 15 is 0 Å². The van der Waals surface area contributed by atoms with E-state index in [0.717, 1.165) is 12.1 Å². The van der Waals surface area contributed by atoms with E-state index in [1.165, 1.54) is 0 Å². The summed E-state index contributed by atoms with van der Waals surface area (Å²) in [5.74, 6) is 0. The number of halogens is 7. The molecule has 0 aliphatic heterocycles. The van der Waals surface area contributed by atoms with E-state index in [0.29, 0.717) is 6.07 Å². The molecule has 96 valence electrons. The van der Waals surface area contributed by atoms with Gasteiger partial charge in [-0.3, -0.25) is 4.90 Å². The topological polar surface area (TPSA) is 3.24 Å². The average molecular weight is 261 g/mol. The van der Waals surface area contributed by atoms with Crippen LogP contribution in [0.4, 0.5) is 36.4 Å². The number of nitrogens with zero attached hydrogens (tertiary/aromatic N) is 1. The van der Waals surface area contributed by atoms with Gasteiger partial charge in [0.25, 0.3) is 0 Å². The van der Waals surface area contributed by atoms with E-state index in [1.54, 1.807) is 0 Å². The van der Waals surface area contributed by atoms with E-state index in [-0.39, 0.29) is 6.07 Å². The second-order valence-corrected chi connectivity index (χ2v) is 3.01. The molecule has 0 amide bonds. The van der Waals surface area contributed by atoms with Gasteiger partial charge in [0.2, 0.25) is 0 Å². The molecule has 0 atom stereocenters. The fourth-order valence-electron chi connectivity index (χ4n) is 1.15. The molecule has 0 aliphatic carbocycles. The van der Waals surface area contributed by atoms with Crippen LogP contribution in [0.3, 0.4) is 0 Å². The second-order valence-electron chi connectivity index (χ2n) is 3.01. The van der Waals surface area contributed by atoms with Crippen molar-refractivity contribution in [3.8, 4) is 0 Å². The molecule has 1 aromatic rings. The predicted molar refractivity (Wildman–Crippen MR) is 45.9 cm³/mol. The maximum absolute atomic E-state index is 12.2. The number of hydrogen-bond donors (Lipinski definition) is 0. The van der Waals surface area contributed by atoms with Gasteiger partial charge in [-0.2, -0.15) is 30.7 Å². The molecule has 1 rings (SSSR count). The summed E-state index contributed by atoms with van der Waals surface area (Å²) in [6.07, 6.45) is -4.77. The zero-order valence-electron chi connectivity index (χ0n) is 8.06. The molecular weight excluding hydrogens is 255 g/mol. The van der Waals surface area contributed by atoms with Gasteiger partial charge in [-0.25, -0.2) is 0 Å². The van der Waals surface area contributed by atoms with Crippen LogP contribution in [0.25, 0.3) is 0 Å². The smallest absolute Gasteiger partial charge is 0.259 e. The van der Waals surface area contributed by atoms with Crippen LogP contribution < -0.4 is 4.90 Å². The van der Waals surface area contributed by atoms with Crippen LogP contribution in [-0.2, 0) is 6.18 Å². The van der Waals surface area contributed by atoms with Crippen molar-refractivity contribution in [1.29, 1.82) is 0 Å². The van der Waals surface area contributed by atoms with Crippen LogP contribution in [0.15, 0.2) is 24.3 Å². The largest absolute Gasteiger partial charge is 0.416 e. The maximum atomic E-state index is 12.2. The second kappa shape index (κ2) is 4.80. The Morgan fingerprint density at radius 1 is 0.941 bits per heavy atom. The molecule has 0 saturated heterocycles. The zero-order valence-corrected chi connectivity index (χ0v) is 8.06. The number of rotatable bonds is 3. The molecule has 0 radical (unpaired) electrons. The number of benzene rings is 1. The van der Waals surface area contributed by atoms with Crippen molar-refractivity contribution in [2.24, 2.45) is 0 Å². The molecular formula is C9H6F7N. The molecule has 0 fully saturated rings. The van der Waals surface area contributed by atoms with Crippen molar-refractivity contribution in [2.45, 2.75) is 19.3 Å². The van der Waals surface area contributed by atoms with Gasteiger partial charge in [0.15, 0.2) is 0 Å². The summed E-state index contributed by atoms with van der Waals surface area (Å²) >= 11 is 0. The van der Waals surface area contributed by atoms with Crippen molar-refractivity contribution < 1.29 is 30.7 Å². The average Bonchev–Trinajstić information content (AvgIpc) is 2.15. The highest BCUT2D eigenvalue weighted by Crippen LogP contribution is 2.33. The van der Waals surface area contributed by atoms with Crippen molar-refractivity contribution in [1.82, 2.24) is 0 Å². The Bertz CT molecular complexity index is 366. The third-order valence-corrected chi connectivity index (χ3v) is 1.89. The minimum Gasteiger partial charge on any atom is -0.259 e. The Morgan fingerprint density at radius 3 is 1.88 bits per heavy atom. The van der Waals surface area contributed by atoms with E-state index in [4.69, 9.17) is 0 Å². The van der Waals surface area contributed by atoms with E-state index < -0.39 is 35.4 Å². The third-order valence-electron chi connectivity index (χ3n) is 1.89. The summed E-state index contributed by atoms with van der Waals surface area (Å²) in [6, 6.07) is 2.40. The summed E-state index contributed by atoms with van der Waals surface area (Å²) in [5.41, 5.74) is -2.15. The number of alkyl halides is 7. The van der Waals surface area contributed by atoms with Crippen LogP contribution in [0.2, 0.25) is 0 Å². The van der Waals surface area contributed by atoms with Gasteiger partial charge < -0.3 is 0 Å². The molecule has 0 aliphatic rings. The lowest BCUT2D eigenvalue weighted by atomic mass is 10.2. The van der Waals surface area contributed by atoms with Gasteiger partial charge in [-0.05, 0) is 18.2 Å². The van der Waals surface area contributed by atoms with E-state index in [1.807, 2.05) is 0 Å². The SMILES string of the molecule is FC(F)N(c1cccc(C(F)(F)F)c1)C(F)F. The van der Waals surface area contributed by atoms with Gasteiger partial charge >= 0.3 is 19.3 Å². The Morgan fingerprint density at radius 2 is 1.47 bits per heavy atom. The lowest BCUT2D eigenvalue weighted by molar-refractivity contribution is -0.137. The molecule has 0 spiro atoms. The van der Waals surface area contributed by atoms with Gasteiger partial charge in [0.1, 0.15) is 0 Å². The predicted octanol–water partition coefficient (Wildman–Crippen LogP) is 3.96. The molecule has 0 heterocycles.